The molecule has 7 heteroatoms. The molecule has 0 saturated carbocycles. The van der Waals surface area contributed by atoms with Crippen LogP contribution in [0, 0.1) is 11.6 Å². The van der Waals surface area contributed by atoms with Gasteiger partial charge in [-0.15, -0.1) is 0 Å². The van der Waals surface area contributed by atoms with Crippen molar-refractivity contribution >= 4 is 17.5 Å². The van der Waals surface area contributed by atoms with E-state index in [0.717, 1.165) is 12.1 Å². The van der Waals surface area contributed by atoms with Crippen molar-refractivity contribution in [3.8, 4) is 22.4 Å². The summed E-state index contributed by atoms with van der Waals surface area (Å²) in [6, 6.07) is 5.17. The molecule has 0 radical (unpaired) electrons. The van der Waals surface area contributed by atoms with Crippen LogP contribution in [0.3, 0.4) is 0 Å². The van der Waals surface area contributed by atoms with E-state index in [2.05, 4.69) is 10.1 Å². The molecule has 0 amide bonds. The molecule has 0 fully saturated rings. The van der Waals surface area contributed by atoms with Crippen molar-refractivity contribution in [2.45, 2.75) is 0 Å². The Morgan fingerprint density at radius 3 is 2.52 bits per heavy atom. The topological polar surface area (TPSA) is 64.9 Å². The molecule has 3 rings (SSSR count). The van der Waals surface area contributed by atoms with Gasteiger partial charge in [-0.05, 0) is 29.8 Å². The summed E-state index contributed by atoms with van der Waals surface area (Å²) >= 11 is 5.54. The SMILES string of the molecule is Nc1onc(-c2cc(F)c(Cl)cc2F)c1-c1ccncc1. The van der Waals surface area contributed by atoms with Crippen LogP contribution < -0.4 is 5.73 Å². The Bertz CT molecular complexity index is 805. The molecule has 2 heterocycles. The lowest BCUT2D eigenvalue weighted by molar-refractivity contribution is 0.439. The fourth-order valence-corrected chi connectivity index (χ4v) is 2.14. The Morgan fingerprint density at radius 1 is 1.10 bits per heavy atom. The number of benzene rings is 1. The van der Waals surface area contributed by atoms with Crippen LogP contribution in [0.5, 0.6) is 0 Å². The van der Waals surface area contributed by atoms with Gasteiger partial charge in [-0.2, -0.15) is 0 Å². The van der Waals surface area contributed by atoms with Crippen LogP contribution in [0.4, 0.5) is 14.7 Å². The minimum atomic E-state index is -0.754. The molecule has 0 saturated heterocycles. The molecule has 3 aromatic rings. The number of rotatable bonds is 2. The maximum atomic E-state index is 14.0. The molecular formula is C14H8ClF2N3O. The summed E-state index contributed by atoms with van der Waals surface area (Å²) in [4.78, 5) is 3.89. The highest BCUT2D eigenvalue weighted by molar-refractivity contribution is 6.30. The lowest BCUT2D eigenvalue weighted by Crippen LogP contribution is -1.92. The molecule has 1 aromatic carbocycles. The number of pyridine rings is 1. The van der Waals surface area contributed by atoms with Crippen LogP contribution in [0.2, 0.25) is 5.02 Å². The number of aromatic nitrogens is 2. The molecule has 0 atom stereocenters. The van der Waals surface area contributed by atoms with Gasteiger partial charge in [0.15, 0.2) is 0 Å². The molecular weight excluding hydrogens is 300 g/mol. The van der Waals surface area contributed by atoms with Crippen molar-refractivity contribution in [1.29, 1.82) is 0 Å². The molecule has 21 heavy (non-hydrogen) atoms. The smallest absolute Gasteiger partial charge is 0.230 e. The van der Waals surface area contributed by atoms with E-state index in [9.17, 15) is 8.78 Å². The Kier molecular flexibility index (Phi) is 3.31. The third-order valence-corrected chi connectivity index (χ3v) is 3.24. The Morgan fingerprint density at radius 2 is 1.81 bits per heavy atom. The zero-order valence-corrected chi connectivity index (χ0v) is 11.2. The highest BCUT2D eigenvalue weighted by Crippen LogP contribution is 2.38. The van der Waals surface area contributed by atoms with E-state index in [4.69, 9.17) is 21.9 Å². The van der Waals surface area contributed by atoms with Gasteiger partial charge in [0.05, 0.1) is 10.6 Å². The number of nitrogen functional groups attached to an aromatic ring is 1. The summed E-state index contributed by atoms with van der Waals surface area (Å²) in [5, 5.41) is 3.42. The second-order valence-corrected chi connectivity index (χ2v) is 4.66. The van der Waals surface area contributed by atoms with Crippen LogP contribution >= 0.6 is 11.6 Å². The van der Waals surface area contributed by atoms with Gasteiger partial charge in [-0.25, -0.2) is 8.78 Å². The lowest BCUT2D eigenvalue weighted by atomic mass is 10.0. The van der Waals surface area contributed by atoms with Gasteiger partial charge in [0, 0.05) is 18.0 Å². The summed E-state index contributed by atoms with van der Waals surface area (Å²) in [6.45, 7) is 0. The molecule has 2 aromatic heterocycles. The normalized spacial score (nSPS) is 10.8. The maximum absolute atomic E-state index is 14.0. The zero-order valence-electron chi connectivity index (χ0n) is 10.5. The summed E-state index contributed by atoms with van der Waals surface area (Å²) in [6.07, 6.45) is 3.09. The average Bonchev–Trinajstić information content (AvgIpc) is 2.85. The largest absolute Gasteiger partial charge is 0.367 e. The first-order chi connectivity index (χ1) is 10.1. The van der Waals surface area contributed by atoms with Crippen molar-refractivity contribution in [1.82, 2.24) is 10.1 Å². The molecule has 0 bridgehead atoms. The quantitative estimate of drug-likeness (QED) is 0.729. The van der Waals surface area contributed by atoms with E-state index in [-0.39, 0.29) is 22.2 Å². The summed E-state index contributed by atoms with van der Waals surface area (Å²) in [5.41, 5.74) is 6.77. The number of nitrogens with zero attached hydrogens (tertiary/aromatic N) is 2. The minimum Gasteiger partial charge on any atom is -0.367 e. The molecule has 0 aliphatic heterocycles. The number of anilines is 1. The van der Waals surface area contributed by atoms with E-state index in [0.29, 0.717) is 11.1 Å². The monoisotopic (exact) mass is 307 g/mol. The van der Waals surface area contributed by atoms with Crippen molar-refractivity contribution in [3.63, 3.8) is 0 Å². The first-order valence-corrected chi connectivity index (χ1v) is 6.26. The molecule has 0 spiro atoms. The van der Waals surface area contributed by atoms with Crippen LogP contribution in [0.25, 0.3) is 22.4 Å². The first-order valence-electron chi connectivity index (χ1n) is 5.88. The Balaban J connectivity index is 2.24. The fourth-order valence-electron chi connectivity index (χ4n) is 1.99. The van der Waals surface area contributed by atoms with E-state index < -0.39 is 11.6 Å². The number of nitrogens with two attached hydrogens (primary N) is 1. The zero-order chi connectivity index (χ0) is 15.0. The van der Waals surface area contributed by atoms with E-state index >= 15 is 0 Å². The first kappa shape index (κ1) is 13.5. The van der Waals surface area contributed by atoms with E-state index in [1.165, 1.54) is 0 Å². The van der Waals surface area contributed by atoms with Crippen molar-refractivity contribution in [3.05, 3.63) is 53.3 Å². The standard InChI is InChI=1S/C14H8ClF2N3O/c15-9-6-10(16)8(5-11(9)17)13-12(14(18)21-20-13)7-1-3-19-4-2-7/h1-6H,18H2. The van der Waals surface area contributed by atoms with Gasteiger partial charge in [0.1, 0.15) is 17.3 Å². The average molecular weight is 308 g/mol. The van der Waals surface area contributed by atoms with Crippen LogP contribution in [-0.4, -0.2) is 10.1 Å². The summed E-state index contributed by atoms with van der Waals surface area (Å²) in [7, 11) is 0. The molecule has 106 valence electrons. The van der Waals surface area contributed by atoms with Crippen molar-refractivity contribution < 1.29 is 13.3 Å². The van der Waals surface area contributed by atoms with Crippen molar-refractivity contribution in [2.24, 2.45) is 0 Å². The Labute approximate surface area is 123 Å². The van der Waals surface area contributed by atoms with Gasteiger partial charge in [-0.1, -0.05) is 16.8 Å². The maximum Gasteiger partial charge on any atom is 0.230 e. The van der Waals surface area contributed by atoms with Crippen molar-refractivity contribution in [2.75, 3.05) is 5.73 Å². The molecule has 4 nitrogen and oxygen atoms in total. The highest BCUT2D eigenvalue weighted by atomic mass is 35.5. The summed E-state index contributed by atoms with van der Waals surface area (Å²) < 4.78 is 32.5. The van der Waals surface area contributed by atoms with Gasteiger partial charge < -0.3 is 10.3 Å². The second kappa shape index (κ2) is 5.14. The third-order valence-electron chi connectivity index (χ3n) is 2.95. The van der Waals surface area contributed by atoms with Gasteiger partial charge in [0.2, 0.25) is 5.88 Å². The van der Waals surface area contributed by atoms with Crippen LogP contribution in [0.1, 0.15) is 0 Å². The number of halogens is 3. The van der Waals surface area contributed by atoms with Gasteiger partial charge >= 0.3 is 0 Å². The van der Waals surface area contributed by atoms with Gasteiger partial charge in [-0.3, -0.25) is 4.98 Å². The molecule has 0 unspecified atom stereocenters. The minimum absolute atomic E-state index is 0.00552. The summed E-state index contributed by atoms with van der Waals surface area (Å²) in [5.74, 6) is -1.47. The highest BCUT2D eigenvalue weighted by Gasteiger charge is 2.21. The predicted molar refractivity (Wildman–Crippen MR) is 74.5 cm³/mol. The Hall–Kier alpha value is -2.47. The number of hydrogen-bond acceptors (Lipinski definition) is 4. The van der Waals surface area contributed by atoms with E-state index in [1.54, 1.807) is 24.5 Å². The van der Waals surface area contributed by atoms with Crippen LogP contribution in [0.15, 0.2) is 41.2 Å². The molecule has 0 aliphatic carbocycles. The fraction of sp³-hybridized carbons (Fsp3) is 0. The lowest BCUT2D eigenvalue weighted by Gasteiger charge is -2.05. The third kappa shape index (κ3) is 2.34. The van der Waals surface area contributed by atoms with E-state index in [1.807, 2.05) is 0 Å². The van der Waals surface area contributed by atoms with Gasteiger partial charge in [0.25, 0.3) is 0 Å². The number of hydrogen-bond donors (Lipinski definition) is 1. The molecule has 0 aliphatic rings. The predicted octanol–water partition coefficient (Wildman–Crippen LogP) is 3.92. The van der Waals surface area contributed by atoms with Crippen LogP contribution in [-0.2, 0) is 0 Å². The second-order valence-electron chi connectivity index (χ2n) is 4.25. The molecule has 2 N–H and O–H groups in total.